The van der Waals surface area contributed by atoms with E-state index >= 15 is 0 Å². The van der Waals surface area contributed by atoms with Crippen LogP contribution in [0.1, 0.15) is 0 Å². The van der Waals surface area contributed by atoms with Crippen LogP contribution in [-0.4, -0.2) is 25.5 Å². The molecule has 3 nitrogen and oxygen atoms in total. The van der Waals surface area contributed by atoms with Gasteiger partial charge in [-0.25, -0.2) is 4.39 Å². The molecular weight excluding hydrogens is 115 g/mol. The molecule has 0 N–H and O–H groups in total. The van der Waals surface area contributed by atoms with Crippen molar-refractivity contribution in [3.63, 3.8) is 0 Å². The van der Waals surface area contributed by atoms with E-state index in [4.69, 9.17) is 0 Å². The number of halogens is 1. The van der Waals surface area contributed by atoms with E-state index in [1.807, 2.05) is 0 Å². The molecule has 1 heterocycles. The molecular formula is C4H5FO3. The minimum absolute atomic E-state index is 0.136. The molecule has 1 rings (SSSR count). The van der Waals surface area contributed by atoms with Crippen molar-refractivity contribution in [3.05, 3.63) is 0 Å². The van der Waals surface area contributed by atoms with Gasteiger partial charge in [0.15, 0.2) is 6.29 Å². The summed E-state index contributed by atoms with van der Waals surface area (Å²) in [6.45, 7) is -0.136. The second kappa shape index (κ2) is 2.19. The molecule has 4 heteroatoms. The lowest BCUT2D eigenvalue weighted by Crippen LogP contribution is -2.09. The van der Waals surface area contributed by atoms with Gasteiger partial charge in [0, 0.05) is 0 Å². The van der Waals surface area contributed by atoms with Crippen molar-refractivity contribution < 1.29 is 18.7 Å². The summed E-state index contributed by atoms with van der Waals surface area (Å²) < 4.78 is 20.6. The lowest BCUT2D eigenvalue weighted by atomic mass is 10.7. The predicted octanol–water partition coefficient (Wildman–Crippen LogP) is -0.146. The maximum atomic E-state index is 11.9. The fraction of sp³-hybridized carbons (Fsp3) is 0.750. The second-order valence-corrected chi connectivity index (χ2v) is 1.38. The summed E-state index contributed by atoms with van der Waals surface area (Å²) >= 11 is 0. The molecule has 1 saturated heterocycles. The molecule has 0 aliphatic carbocycles. The zero-order valence-electron chi connectivity index (χ0n) is 4.04. The molecule has 1 fully saturated rings. The first-order chi connectivity index (χ1) is 3.83. The third-order valence-electron chi connectivity index (χ3n) is 0.784. The van der Waals surface area contributed by atoms with Gasteiger partial charge in [0.1, 0.15) is 6.61 Å². The van der Waals surface area contributed by atoms with Gasteiger partial charge in [0.25, 0.3) is 0 Å². The van der Waals surface area contributed by atoms with Crippen molar-refractivity contribution in [2.75, 3.05) is 6.61 Å². The molecule has 0 aromatic heterocycles. The summed E-state index contributed by atoms with van der Waals surface area (Å²) in [6.07, 6.45) is -1.99. The van der Waals surface area contributed by atoms with Gasteiger partial charge < -0.3 is 9.47 Å². The Hall–Kier alpha value is -0.480. The Balaban J connectivity index is 2.32. The molecule has 0 aromatic carbocycles. The van der Waals surface area contributed by atoms with Crippen molar-refractivity contribution >= 4 is 6.29 Å². The highest BCUT2D eigenvalue weighted by Crippen LogP contribution is 2.09. The van der Waals surface area contributed by atoms with E-state index in [-0.39, 0.29) is 6.61 Å². The van der Waals surface area contributed by atoms with Gasteiger partial charge in [-0.2, -0.15) is 0 Å². The summed E-state index contributed by atoms with van der Waals surface area (Å²) in [4.78, 5) is 9.74. The van der Waals surface area contributed by atoms with Crippen LogP contribution in [0.2, 0.25) is 0 Å². The van der Waals surface area contributed by atoms with Crippen LogP contribution in [0.25, 0.3) is 0 Å². The largest absolute Gasteiger partial charge is 0.340 e. The van der Waals surface area contributed by atoms with Gasteiger partial charge in [-0.1, -0.05) is 0 Å². The van der Waals surface area contributed by atoms with Crippen molar-refractivity contribution in [2.45, 2.75) is 12.6 Å². The average molecular weight is 120 g/mol. The first-order valence-corrected chi connectivity index (χ1v) is 2.19. The van der Waals surface area contributed by atoms with E-state index in [0.29, 0.717) is 6.29 Å². The number of alkyl halides is 1. The summed E-state index contributed by atoms with van der Waals surface area (Å²) in [6, 6.07) is 0. The van der Waals surface area contributed by atoms with Crippen LogP contribution in [-0.2, 0) is 14.3 Å². The Kier molecular flexibility index (Phi) is 1.55. The predicted molar refractivity (Wildman–Crippen MR) is 21.8 cm³/mol. The molecule has 1 aliphatic heterocycles. The molecule has 8 heavy (non-hydrogen) atoms. The lowest BCUT2D eigenvalue weighted by molar-refractivity contribution is -0.137. The maximum Gasteiger partial charge on any atom is 0.225 e. The first-order valence-electron chi connectivity index (χ1n) is 2.19. The zero-order valence-corrected chi connectivity index (χ0v) is 4.04. The Bertz CT molecular complexity index is 95.3. The van der Waals surface area contributed by atoms with Gasteiger partial charge in [-0.15, -0.1) is 0 Å². The smallest absolute Gasteiger partial charge is 0.225 e. The minimum Gasteiger partial charge on any atom is -0.340 e. The van der Waals surface area contributed by atoms with E-state index in [0.717, 1.165) is 0 Å². The van der Waals surface area contributed by atoms with Crippen LogP contribution in [0.4, 0.5) is 4.39 Å². The van der Waals surface area contributed by atoms with Crippen LogP contribution in [0.3, 0.4) is 0 Å². The average Bonchev–Trinajstić information content (AvgIpc) is 2.14. The van der Waals surface area contributed by atoms with Crippen LogP contribution in [0.15, 0.2) is 0 Å². The molecule has 0 radical (unpaired) electrons. The SMILES string of the molecule is O=CC1OCC(F)O1. The Labute approximate surface area is 45.4 Å². The number of carbonyl (C=O) groups excluding carboxylic acids is 1. The van der Waals surface area contributed by atoms with Gasteiger partial charge in [0.05, 0.1) is 0 Å². The van der Waals surface area contributed by atoms with Crippen molar-refractivity contribution in [1.82, 2.24) is 0 Å². The fourth-order valence-corrected chi connectivity index (χ4v) is 0.466. The molecule has 0 bridgehead atoms. The highest BCUT2D eigenvalue weighted by Gasteiger charge is 2.24. The molecule has 2 unspecified atom stereocenters. The third-order valence-corrected chi connectivity index (χ3v) is 0.784. The van der Waals surface area contributed by atoms with Gasteiger partial charge in [0.2, 0.25) is 12.6 Å². The Morgan fingerprint density at radius 3 is 2.75 bits per heavy atom. The van der Waals surface area contributed by atoms with Crippen molar-refractivity contribution in [2.24, 2.45) is 0 Å². The van der Waals surface area contributed by atoms with Crippen LogP contribution >= 0.6 is 0 Å². The van der Waals surface area contributed by atoms with E-state index in [1.165, 1.54) is 0 Å². The Morgan fingerprint density at radius 1 is 1.75 bits per heavy atom. The lowest BCUT2D eigenvalue weighted by Gasteiger charge is -1.95. The van der Waals surface area contributed by atoms with E-state index in [9.17, 15) is 9.18 Å². The van der Waals surface area contributed by atoms with E-state index < -0.39 is 12.6 Å². The standard InChI is InChI=1S/C4H5FO3/c5-3-2-7-4(1-6)8-3/h1,3-4H,2H2. The minimum atomic E-state index is -1.43. The number of rotatable bonds is 1. The summed E-state index contributed by atoms with van der Waals surface area (Å²) in [7, 11) is 0. The number of ether oxygens (including phenoxy) is 2. The van der Waals surface area contributed by atoms with Gasteiger partial charge in [-0.3, -0.25) is 4.79 Å². The number of aldehydes is 1. The van der Waals surface area contributed by atoms with E-state index in [1.54, 1.807) is 0 Å². The summed E-state index contributed by atoms with van der Waals surface area (Å²) in [5.74, 6) is 0. The second-order valence-electron chi connectivity index (χ2n) is 1.38. The van der Waals surface area contributed by atoms with Crippen LogP contribution in [0.5, 0.6) is 0 Å². The molecule has 0 aromatic rings. The molecule has 0 spiro atoms. The van der Waals surface area contributed by atoms with Gasteiger partial charge in [-0.05, 0) is 0 Å². The number of hydrogen-bond donors (Lipinski definition) is 0. The topological polar surface area (TPSA) is 35.5 Å². The highest BCUT2D eigenvalue weighted by molar-refractivity contribution is 5.54. The molecule has 2 atom stereocenters. The first kappa shape index (κ1) is 5.65. The maximum absolute atomic E-state index is 11.9. The molecule has 0 amide bonds. The van der Waals surface area contributed by atoms with Crippen molar-refractivity contribution in [1.29, 1.82) is 0 Å². The fourth-order valence-electron chi connectivity index (χ4n) is 0.466. The summed E-state index contributed by atoms with van der Waals surface area (Å²) in [5.41, 5.74) is 0. The third kappa shape index (κ3) is 1.02. The van der Waals surface area contributed by atoms with Crippen LogP contribution in [0, 0.1) is 0 Å². The summed E-state index contributed by atoms with van der Waals surface area (Å²) in [5, 5.41) is 0. The molecule has 1 aliphatic rings. The zero-order chi connectivity index (χ0) is 5.98. The normalized spacial score (nSPS) is 37.6. The highest BCUT2D eigenvalue weighted by atomic mass is 19.1. The van der Waals surface area contributed by atoms with Crippen molar-refractivity contribution in [3.8, 4) is 0 Å². The number of hydrogen-bond acceptors (Lipinski definition) is 3. The van der Waals surface area contributed by atoms with Crippen LogP contribution < -0.4 is 0 Å². The quantitative estimate of drug-likeness (QED) is 0.451. The monoisotopic (exact) mass is 120 g/mol. The Morgan fingerprint density at radius 2 is 2.50 bits per heavy atom. The van der Waals surface area contributed by atoms with Gasteiger partial charge >= 0.3 is 0 Å². The molecule has 0 saturated carbocycles. The van der Waals surface area contributed by atoms with E-state index in [2.05, 4.69) is 9.47 Å². The number of carbonyl (C=O) groups is 1. The molecule has 46 valence electrons.